The SMILES string of the molecule is CC(C)C[C@H](NC(=O)[C@H](CCc1ccccc1)NC(=O)CN1CCOCC1)C(=O)N[C@@H](Cc1ccccc1)C(=O)N[C@@H](CC(C)C)C(=O)[C@@]1(C)CO1.O=C(O)CC(O)(CC(=O)O)C(=O)O. The zero-order valence-corrected chi connectivity index (χ0v) is 37.7. The molecule has 2 fully saturated rings. The van der Waals surface area contributed by atoms with E-state index in [-0.39, 0.29) is 36.5 Å². The summed E-state index contributed by atoms with van der Waals surface area (Å²) in [4.78, 5) is 101. The maximum absolute atomic E-state index is 14.1. The van der Waals surface area contributed by atoms with E-state index in [4.69, 9.17) is 29.9 Å². The van der Waals surface area contributed by atoms with Gasteiger partial charge in [-0.15, -0.1) is 0 Å². The molecule has 19 heteroatoms. The van der Waals surface area contributed by atoms with Gasteiger partial charge in [0.2, 0.25) is 23.6 Å². The normalized spacial score (nSPS) is 17.8. The predicted molar refractivity (Wildman–Crippen MR) is 235 cm³/mol. The minimum Gasteiger partial charge on any atom is -0.481 e. The summed E-state index contributed by atoms with van der Waals surface area (Å²) in [5, 5.41) is 45.5. The fourth-order valence-electron chi connectivity index (χ4n) is 7.04. The largest absolute Gasteiger partial charge is 0.481 e. The summed E-state index contributed by atoms with van der Waals surface area (Å²) in [7, 11) is 0. The molecule has 0 aromatic heterocycles. The standard InChI is InChI=1S/C40H57N5O7.C6H8O7/c1-27(2)22-32(36(47)40(5)26-52-40)42-39(50)34(24-30-14-10-7-11-15-30)44-38(49)33(23-28(3)4)43-37(48)31(17-16-29-12-8-6-9-13-29)41-35(46)25-45-18-20-51-21-19-45;7-3(8)1-6(13,5(11)12)2-4(9)10/h6-15,27-28,31-34H,16-26H2,1-5H3,(H,41,46)(H,42,50)(H,43,48)(H,44,49);13H,1-2H2,(H,7,8)(H,9,10)(H,11,12)/t31-,32-,33-,34-,40+;/m0./s1. The van der Waals surface area contributed by atoms with E-state index in [9.17, 15) is 38.4 Å². The summed E-state index contributed by atoms with van der Waals surface area (Å²) in [6.45, 7) is 12.3. The molecule has 2 heterocycles. The number of hydrogen-bond acceptors (Lipinski definition) is 12. The molecule has 19 nitrogen and oxygen atoms in total. The first-order chi connectivity index (χ1) is 30.6. The van der Waals surface area contributed by atoms with Gasteiger partial charge in [0.25, 0.3) is 0 Å². The van der Waals surface area contributed by atoms with Gasteiger partial charge >= 0.3 is 17.9 Å². The van der Waals surface area contributed by atoms with E-state index in [0.717, 1.165) is 11.1 Å². The van der Waals surface area contributed by atoms with Crippen LogP contribution in [0.25, 0.3) is 0 Å². The van der Waals surface area contributed by atoms with Gasteiger partial charge in [0.1, 0.15) is 23.7 Å². The number of aliphatic hydroxyl groups is 1. The van der Waals surface area contributed by atoms with E-state index < -0.39 is 83.8 Å². The first-order valence-corrected chi connectivity index (χ1v) is 21.8. The van der Waals surface area contributed by atoms with Crippen molar-refractivity contribution in [2.75, 3.05) is 39.5 Å². The molecule has 2 aromatic rings. The fraction of sp³-hybridized carbons (Fsp3) is 0.565. The number of nitrogens with zero attached hydrogens (tertiary/aromatic N) is 1. The summed E-state index contributed by atoms with van der Waals surface area (Å²) in [5.41, 5.74) is -1.82. The lowest BCUT2D eigenvalue weighted by atomic mass is 9.93. The average Bonchev–Trinajstić information content (AvgIpc) is 3.99. The van der Waals surface area contributed by atoms with E-state index >= 15 is 0 Å². The molecule has 4 amide bonds. The topological polar surface area (TPSA) is 291 Å². The Balaban J connectivity index is 0.000000747. The molecular weight excluding hydrogens is 847 g/mol. The Labute approximate surface area is 379 Å². The molecule has 0 aliphatic carbocycles. The van der Waals surface area contributed by atoms with Gasteiger partial charge in [-0.3, -0.25) is 38.5 Å². The highest BCUT2D eigenvalue weighted by molar-refractivity contribution is 5.99. The molecule has 358 valence electrons. The first kappa shape index (κ1) is 53.6. The highest BCUT2D eigenvalue weighted by atomic mass is 16.6. The van der Waals surface area contributed by atoms with Gasteiger partial charge in [0.05, 0.1) is 45.2 Å². The Bertz CT molecular complexity index is 1900. The zero-order chi connectivity index (χ0) is 48.3. The van der Waals surface area contributed by atoms with Crippen LogP contribution in [0.15, 0.2) is 60.7 Å². The molecule has 65 heavy (non-hydrogen) atoms. The number of morpholine rings is 1. The number of nitrogens with one attached hydrogen (secondary N) is 4. The number of aryl methyl sites for hydroxylation is 1. The third-order valence-corrected chi connectivity index (χ3v) is 10.7. The number of epoxide rings is 1. The summed E-state index contributed by atoms with van der Waals surface area (Å²) in [5.74, 6) is -6.85. The summed E-state index contributed by atoms with van der Waals surface area (Å²) < 4.78 is 10.8. The van der Waals surface area contributed by atoms with Crippen molar-refractivity contribution in [1.29, 1.82) is 0 Å². The number of ether oxygens (including phenoxy) is 2. The first-order valence-electron chi connectivity index (χ1n) is 21.8. The smallest absolute Gasteiger partial charge is 0.336 e. The maximum atomic E-state index is 14.1. The van der Waals surface area contributed by atoms with Crippen molar-refractivity contribution in [1.82, 2.24) is 26.2 Å². The predicted octanol–water partition coefficient (Wildman–Crippen LogP) is 1.34. The second-order valence-corrected chi connectivity index (χ2v) is 17.5. The molecular formula is C46H65N5O14. The van der Waals surface area contributed by atoms with Gasteiger partial charge in [-0.2, -0.15) is 0 Å². The second kappa shape index (κ2) is 25.7. The quantitative estimate of drug-likeness (QED) is 0.0653. The van der Waals surface area contributed by atoms with Crippen molar-refractivity contribution in [2.24, 2.45) is 11.8 Å². The Hall–Kier alpha value is -5.76. The van der Waals surface area contributed by atoms with E-state index in [1.807, 2.05) is 93.3 Å². The minimum atomic E-state index is -2.74. The van der Waals surface area contributed by atoms with Gasteiger partial charge in [-0.1, -0.05) is 88.4 Å². The van der Waals surface area contributed by atoms with Crippen LogP contribution in [-0.2, 0) is 60.7 Å². The highest BCUT2D eigenvalue weighted by Gasteiger charge is 2.50. The highest BCUT2D eigenvalue weighted by Crippen LogP contribution is 2.30. The van der Waals surface area contributed by atoms with E-state index in [1.54, 1.807) is 6.92 Å². The second-order valence-electron chi connectivity index (χ2n) is 17.5. The van der Waals surface area contributed by atoms with Crippen LogP contribution in [0.4, 0.5) is 0 Å². The molecule has 5 atom stereocenters. The van der Waals surface area contributed by atoms with Crippen LogP contribution in [0.1, 0.15) is 77.8 Å². The number of Topliss-reactive ketones (excluding diaryl/α,β-unsaturated/α-hetero) is 1. The molecule has 0 radical (unpaired) electrons. The summed E-state index contributed by atoms with van der Waals surface area (Å²) in [6, 6.07) is 15.3. The van der Waals surface area contributed by atoms with E-state index in [1.165, 1.54) is 0 Å². The lowest BCUT2D eigenvalue weighted by molar-refractivity contribution is -0.170. The van der Waals surface area contributed by atoms with Gasteiger partial charge < -0.3 is 51.2 Å². The van der Waals surface area contributed by atoms with Gasteiger partial charge in [0, 0.05) is 19.5 Å². The van der Waals surface area contributed by atoms with Crippen LogP contribution in [-0.4, -0.2) is 147 Å². The lowest BCUT2D eigenvalue weighted by Gasteiger charge is -2.29. The van der Waals surface area contributed by atoms with Crippen molar-refractivity contribution in [3.63, 3.8) is 0 Å². The van der Waals surface area contributed by atoms with E-state index in [0.29, 0.717) is 58.6 Å². The van der Waals surface area contributed by atoms with Gasteiger partial charge in [-0.05, 0) is 55.6 Å². The molecule has 8 N–H and O–H groups in total. The van der Waals surface area contributed by atoms with Gasteiger partial charge in [-0.25, -0.2) is 4.79 Å². The van der Waals surface area contributed by atoms with Crippen LogP contribution in [0.3, 0.4) is 0 Å². The third-order valence-electron chi connectivity index (χ3n) is 10.7. The van der Waals surface area contributed by atoms with Gasteiger partial charge in [0.15, 0.2) is 11.4 Å². The van der Waals surface area contributed by atoms with E-state index in [2.05, 4.69) is 21.3 Å². The molecule has 0 unspecified atom stereocenters. The molecule has 0 spiro atoms. The number of aliphatic carboxylic acids is 3. The maximum Gasteiger partial charge on any atom is 0.336 e. The average molecular weight is 912 g/mol. The molecule has 0 bridgehead atoms. The Kier molecular flexibility index (Phi) is 21.1. The van der Waals surface area contributed by atoms with Crippen molar-refractivity contribution < 1.29 is 68.3 Å². The fourth-order valence-corrected chi connectivity index (χ4v) is 7.04. The van der Waals surface area contributed by atoms with Crippen LogP contribution in [0, 0.1) is 11.8 Å². The monoisotopic (exact) mass is 911 g/mol. The number of rotatable bonds is 25. The van der Waals surface area contributed by atoms with Crippen LogP contribution in [0.5, 0.6) is 0 Å². The van der Waals surface area contributed by atoms with Crippen LogP contribution >= 0.6 is 0 Å². The van der Waals surface area contributed by atoms with Crippen molar-refractivity contribution in [3.05, 3.63) is 71.8 Å². The number of carboxylic acid groups (broad SMARTS) is 3. The van der Waals surface area contributed by atoms with Crippen molar-refractivity contribution in [3.8, 4) is 0 Å². The molecule has 4 rings (SSSR count). The van der Waals surface area contributed by atoms with Crippen molar-refractivity contribution in [2.45, 2.75) is 115 Å². The molecule has 2 saturated heterocycles. The molecule has 2 aliphatic heterocycles. The summed E-state index contributed by atoms with van der Waals surface area (Å²) >= 11 is 0. The Morgan fingerprint density at radius 3 is 1.63 bits per heavy atom. The number of ketones is 1. The number of hydrogen-bond donors (Lipinski definition) is 8. The zero-order valence-electron chi connectivity index (χ0n) is 37.7. The number of carbonyl (C=O) groups is 8. The number of benzene rings is 2. The molecule has 2 aliphatic rings. The Morgan fingerprint density at radius 1 is 0.677 bits per heavy atom. The number of carbonyl (C=O) groups excluding carboxylic acids is 5. The van der Waals surface area contributed by atoms with Crippen LogP contribution < -0.4 is 21.3 Å². The number of amides is 4. The van der Waals surface area contributed by atoms with Crippen LogP contribution in [0.2, 0.25) is 0 Å². The number of carboxylic acids is 3. The van der Waals surface area contributed by atoms with Crippen molar-refractivity contribution >= 4 is 47.3 Å². The molecule has 0 saturated carbocycles. The minimum absolute atomic E-state index is 0.0171. The summed E-state index contributed by atoms with van der Waals surface area (Å²) in [6.07, 6.45) is -0.527. The Morgan fingerprint density at radius 2 is 1.14 bits per heavy atom. The molecule has 2 aromatic carbocycles. The lowest BCUT2D eigenvalue weighted by Crippen LogP contribution is -2.59. The third kappa shape index (κ3) is 19.1.